The molecular weight excluding hydrogens is 390 g/mol. The largest absolute Gasteiger partial charge is 0.325 e. The summed E-state index contributed by atoms with van der Waals surface area (Å²) < 4.78 is 51.8. The molecule has 27 heavy (non-hydrogen) atoms. The zero-order chi connectivity index (χ0) is 20.4. The number of aryl methyl sites for hydroxylation is 1. The number of anilines is 1. The standard InChI is InChI=1S/C17H27N3O5S2/c1-5-19(6-2)27(24,25)16-12-14(10-9-13(16)3)18-17(21)15-8-7-11-20(15)26(4,22)23/h9-10,12,15H,5-8,11H2,1-4H3,(H,18,21)/t15-/m1/s1. The summed E-state index contributed by atoms with van der Waals surface area (Å²) in [5.74, 6) is -0.451. The monoisotopic (exact) mass is 417 g/mol. The van der Waals surface area contributed by atoms with Crippen molar-refractivity contribution in [2.24, 2.45) is 0 Å². The average molecular weight is 418 g/mol. The molecule has 152 valence electrons. The van der Waals surface area contributed by atoms with Gasteiger partial charge >= 0.3 is 0 Å². The maximum Gasteiger partial charge on any atom is 0.243 e. The van der Waals surface area contributed by atoms with Crippen LogP contribution in [0.25, 0.3) is 0 Å². The van der Waals surface area contributed by atoms with Crippen LogP contribution in [0, 0.1) is 6.92 Å². The predicted octanol–water partition coefficient (Wildman–Crippen LogP) is 1.39. The second-order valence-corrected chi connectivity index (χ2v) is 10.4. The van der Waals surface area contributed by atoms with Crippen molar-refractivity contribution in [3.8, 4) is 0 Å². The summed E-state index contributed by atoms with van der Waals surface area (Å²) in [4.78, 5) is 12.7. The Bertz CT molecular complexity index is 908. The van der Waals surface area contributed by atoms with Gasteiger partial charge in [0.2, 0.25) is 26.0 Å². The van der Waals surface area contributed by atoms with Crippen molar-refractivity contribution in [3.05, 3.63) is 23.8 Å². The van der Waals surface area contributed by atoms with Crippen LogP contribution >= 0.6 is 0 Å². The van der Waals surface area contributed by atoms with E-state index in [0.717, 1.165) is 6.26 Å². The summed E-state index contributed by atoms with van der Waals surface area (Å²) >= 11 is 0. The number of hydrogen-bond donors (Lipinski definition) is 1. The molecule has 8 nitrogen and oxygen atoms in total. The van der Waals surface area contributed by atoms with Gasteiger partial charge in [-0.1, -0.05) is 19.9 Å². The van der Waals surface area contributed by atoms with Crippen LogP contribution in [-0.4, -0.2) is 63.3 Å². The van der Waals surface area contributed by atoms with E-state index in [1.807, 2.05) is 0 Å². The first-order valence-electron chi connectivity index (χ1n) is 8.90. The van der Waals surface area contributed by atoms with Gasteiger partial charge in [-0.3, -0.25) is 4.79 Å². The number of carbonyl (C=O) groups excluding carboxylic acids is 1. The molecule has 0 unspecified atom stereocenters. The molecule has 2 rings (SSSR count). The number of sulfonamides is 2. The van der Waals surface area contributed by atoms with Gasteiger partial charge in [0.15, 0.2) is 0 Å². The van der Waals surface area contributed by atoms with Crippen LogP contribution in [0.5, 0.6) is 0 Å². The normalized spacial score (nSPS) is 18.8. The zero-order valence-electron chi connectivity index (χ0n) is 16.1. The number of carbonyl (C=O) groups is 1. The molecular formula is C17H27N3O5S2. The third-order valence-corrected chi connectivity index (χ3v) is 8.19. The summed E-state index contributed by atoms with van der Waals surface area (Å²) in [6.07, 6.45) is 2.13. The van der Waals surface area contributed by atoms with Crippen LogP contribution < -0.4 is 5.32 Å². The molecule has 1 saturated heterocycles. The molecule has 0 bridgehead atoms. The van der Waals surface area contributed by atoms with Crippen LogP contribution in [-0.2, 0) is 24.8 Å². The lowest BCUT2D eigenvalue weighted by molar-refractivity contribution is -0.119. The molecule has 0 spiro atoms. The topological polar surface area (TPSA) is 104 Å². The molecule has 0 aromatic heterocycles. The predicted molar refractivity (Wildman–Crippen MR) is 104 cm³/mol. The summed E-state index contributed by atoms with van der Waals surface area (Å²) in [6, 6.07) is 3.91. The van der Waals surface area contributed by atoms with Crippen molar-refractivity contribution >= 4 is 31.6 Å². The Morgan fingerprint density at radius 1 is 1.22 bits per heavy atom. The minimum absolute atomic E-state index is 0.135. The van der Waals surface area contributed by atoms with E-state index in [4.69, 9.17) is 0 Å². The van der Waals surface area contributed by atoms with Crippen LogP contribution in [0.2, 0.25) is 0 Å². The maximum absolute atomic E-state index is 12.8. The van der Waals surface area contributed by atoms with E-state index < -0.39 is 32.0 Å². The lowest BCUT2D eigenvalue weighted by Crippen LogP contribution is -2.42. The smallest absolute Gasteiger partial charge is 0.243 e. The van der Waals surface area contributed by atoms with Gasteiger partial charge < -0.3 is 5.32 Å². The minimum atomic E-state index is -3.67. The molecule has 10 heteroatoms. The number of rotatable bonds is 7. The third kappa shape index (κ3) is 4.68. The number of nitrogens with zero attached hydrogens (tertiary/aromatic N) is 2. The van der Waals surface area contributed by atoms with Crippen molar-refractivity contribution in [2.75, 3.05) is 31.2 Å². The van der Waals surface area contributed by atoms with Gasteiger partial charge in [0, 0.05) is 25.3 Å². The van der Waals surface area contributed by atoms with Gasteiger partial charge in [0.05, 0.1) is 11.2 Å². The highest BCUT2D eigenvalue weighted by Gasteiger charge is 2.36. The van der Waals surface area contributed by atoms with Gasteiger partial charge in [-0.05, 0) is 37.5 Å². The molecule has 1 fully saturated rings. The Morgan fingerprint density at radius 2 is 1.85 bits per heavy atom. The Hall–Kier alpha value is -1.49. The Balaban J connectivity index is 2.30. The first-order chi connectivity index (χ1) is 12.5. The van der Waals surface area contributed by atoms with Gasteiger partial charge in [0.1, 0.15) is 6.04 Å². The van der Waals surface area contributed by atoms with E-state index in [9.17, 15) is 21.6 Å². The van der Waals surface area contributed by atoms with E-state index >= 15 is 0 Å². The lowest BCUT2D eigenvalue weighted by Gasteiger charge is -2.22. The van der Waals surface area contributed by atoms with Gasteiger partial charge in [-0.25, -0.2) is 16.8 Å². The van der Waals surface area contributed by atoms with Crippen molar-refractivity contribution in [1.82, 2.24) is 8.61 Å². The molecule has 1 aromatic rings. The second-order valence-electron chi connectivity index (χ2n) is 6.59. The van der Waals surface area contributed by atoms with Crippen molar-refractivity contribution < 1.29 is 21.6 Å². The summed E-state index contributed by atoms with van der Waals surface area (Å²) in [7, 11) is -7.14. The summed E-state index contributed by atoms with van der Waals surface area (Å²) in [5.41, 5.74) is 0.912. The quantitative estimate of drug-likeness (QED) is 0.722. The first kappa shape index (κ1) is 21.8. The fourth-order valence-corrected chi connectivity index (χ4v) is 6.12. The zero-order valence-corrected chi connectivity index (χ0v) is 17.7. The molecule has 1 amide bonds. The Labute approximate surface area is 161 Å². The number of amides is 1. The van der Waals surface area contributed by atoms with E-state index in [0.29, 0.717) is 43.7 Å². The van der Waals surface area contributed by atoms with Crippen LogP contribution in [0.4, 0.5) is 5.69 Å². The molecule has 1 heterocycles. The number of benzene rings is 1. The molecule has 0 radical (unpaired) electrons. The fraction of sp³-hybridized carbons (Fsp3) is 0.588. The van der Waals surface area contributed by atoms with Crippen LogP contribution in [0.3, 0.4) is 0 Å². The highest BCUT2D eigenvalue weighted by atomic mass is 32.2. The summed E-state index contributed by atoms with van der Waals surface area (Å²) in [6.45, 7) is 6.24. The van der Waals surface area contributed by atoms with Crippen molar-refractivity contribution in [2.45, 2.75) is 44.6 Å². The second kappa shape index (κ2) is 8.26. The average Bonchev–Trinajstić information content (AvgIpc) is 3.07. The Morgan fingerprint density at radius 3 is 2.41 bits per heavy atom. The van der Waals surface area contributed by atoms with E-state index in [1.54, 1.807) is 32.9 Å². The molecule has 1 atom stereocenters. The number of hydrogen-bond acceptors (Lipinski definition) is 5. The first-order valence-corrected chi connectivity index (χ1v) is 12.2. The molecule has 1 aromatic carbocycles. The van der Waals surface area contributed by atoms with Crippen LogP contribution in [0.1, 0.15) is 32.3 Å². The minimum Gasteiger partial charge on any atom is -0.325 e. The van der Waals surface area contributed by atoms with Gasteiger partial charge in [0.25, 0.3) is 0 Å². The molecule has 1 aliphatic heterocycles. The van der Waals surface area contributed by atoms with E-state index in [-0.39, 0.29) is 4.90 Å². The molecule has 1 aliphatic rings. The molecule has 0 aliphatic carbocycles. The van der Waals surface area contributed by atoms with Crippen LogP contribution in [0.15, 0.2) is 23.1 Å². The lowest BCUT2D eigenvalue weighted by atomic mass is 10.2. The van der Waals surface area contributed by atoms with Gasteiger partial charge in [-0.2, -0.15) is 8.61 Å². The number of nitrogens with one attached hydrogen (secondary N) is 1. The highest BCUT2D eigenvalue weighted by molar-refractivity contribution is 7.89. The third-order valence-electron chi connectivity index (χ3n) is 4.71. The van der Waals surface area contributed by atoms with E-state index in [1.165, 1.54) is 14.7 Å². The highest BCUT2D eigenvalue weighted by Crippen LogP contribution is 2.25. The summed E-state index contributed by atoms with van der Waals surface area (Å²) in [5, 5.41) is 2.67. The van der Waals surface area contributed by atoms with Crippen molar-refractivity contribution in [1.29, 1.82) is 0 Å². The SMILES string of the molecule is CCN(CC)S(=O)(=O)c1cc(NC(=O)[C@H]2CCCN2S(C)(=O)=O)ccc1C. The van der Waals surface area contributed by atoms with E-state index in [2.05, 4.69) is 5.32 Å². The molecule has 0 saturated carbocycles. The van der Waals surface area contributed by atoms with Crippen molar-refractivity contribution in [3.63, 3.8) is 0 Å². The maximum atomic E-state index is 12.8. The van der Waals surface area contributed by atoms with Gasteiger partial charge in [-0.15, -0.1) is 0 Å². The molecule has 1 N–H and O–H groups in total. The Kier molecular flexibility index (Phi) is 6.67. The fourth-order valence-electron chi connectivity index (χ4n) is 3.28.